The Hall–Kier alpha value is -2.68. The fraction of sp³-hybridized carbons (Fsp3) is 0.130. The first-order chi connectivity index (χ1) is 14.9. The Labute approximate surface area is 192 Å². The molecule has 8 heteroatoms. The molecular weight excluding hydrogens is 448 g/mol. The summed E-state index contributed by atoms with van der Waals surface area (Å²) in [5, 5.41) is 4.25. The van der Waals surface area contributed by atoms with Gasteiger partial charge in [0.05, 0.1) is 15.5 Å². The molecule has 0 aliphatic rings. The first kappa shape index (κ1) is 23.0. The number of benzene rings is 3. The van der Waals surface area contributed by atoms with E-state index in [1.165, 1.54) is 11.8 Å². The van der Waals surface area contributed by atoms with Gasteiger partial charge in [-0.25, -0.2) is 8.42 Å². The Bertz CT molecular complexity index is 1160. The monoisotopic (exact) mass is 470 g/mol. The normalized spacial score (nSPS) is 11.7. The molecular formula is C23H22N2O3S3. The van der Waals surface area contributed by atoms with Crippen LogP contribution in [0, 0.1) is 0 Å². The molecule has 0 aliphatic heterocycles. The number of ether oxygens (including phenoxy) is 1. The fourth-order valence-electron chi connectivity index (χ4n) is 2.70. The lowest BCUT2D eigenvalue weighted by Crippen LogP contribution is -2.13. The highest BCUT2D eigenvalue weighted by molar-refractivity contribution is 8.22. The first-order valence-electron chi connectivity index (χ1n) is 9.41. The van der Waals surface area contributed by atoms with Crippen molar-refractivity contribution in [1.82, 2.24) is 5.43 Å². The van der Waals surface area contributed by atoms with Gasteiger partial charge in [-0.2, -0.15) is 5.10 Å². The number of sulfone groups is 1. The van der Waals surface area contributed by atoms with E-state index in [0.717, 1.165) is 16.8 Å². The van der Waals surface area contributed by atoms with Gasteiger partial charge in [0.25, 0.3) is 0 Å². The van der Waals surface area contributed by atoms with E-state index < -0.39 is 9.84 Å². The molecule has 0 saturated carbocycles. The maximum absolute atomic E-state index is 12.7. The highest BCUT2D eigenvalue weighted by Gasteiger charge is 2.16. The molecule has 0 heterocycles. The molecule has 0 atom stereocenters. The molecule has 3 rings (SSSR count). The largest absolute Gasteiger partial charge is 0.489 e. The summed E-state index contributed by atoms with van der Waals surface area (Å²) in [4.78, 5) is 0.541. The number of nitrogens with one attached hydrogen (secondary N) is 1. The van der Waals surface area contributed by atoms with Crippen LogP contribution in [0.25, 0.3) is 0 Å². The zero-order valence-corrected chi connectivity index (χ0v) is 19.6. The quantitative estimate of drug-likeness (QED) is 0.296. The fourth-order valence-corrected chi connectivity index (χ4v) is 4.16. The van der Waals surface area contributed by atoms with Crippen LogP contribution in [0.3, 0.4) is 0 Å². The molecule has 0 aromatic heterocycles. The molecule has 5 nitrogen and oxygen atoms in total. The van der Waals surface area contributed by atoms with E-state index in [-0.39, 0.29) is 9.79 Å². The van der Waals surface area contributed by atoms with Gasteiger partial charge in [0.1, 0.15) is 12.4 Å². The van der Waals surface area contributed by atoms with Crippen molar-refractivity contribution in [2.75, 3.05) is 6.26 Å². The molecule has 0 spiro atoms. The molecule has 0 unspecified atom stereocenters. The standard InChI is InChI=1S/C23H22N2O3S3/c1-17(24-25-23(29)30-2)19-10-12-20(13-11-19)28-16-18-8-14-22(15-9-18)31(26,27)21-6-4-3-5-7-21/h3-15H,16H2,1-2H3,(H,25,29)/b24-17+. The van der Waals surface area contributed by atoms with Gasteiger partial charge in [-0.15, -0.1) is 0 Å². The van der Waals surface area contributed by atoms with E-state index >= 15 is 0 Å². The van der Waals surface area contributed by atoms with Crippen LogP contribution in [0.4, 0.5) is 0 Å². The number of thiocarbonyl (C=S) groups is 1. The second kappa shape index (κ2) is 10.6. The van der Waals surface area contributed by atoms with Crippen LogP contribution in [0.5, 0.6) is 5.75 Å². The summed E-state index contributed by atoms with van der Waals surface area (Å²) in [5.41, 5.74) is 5.48. The molecule has 3 aromatic rings. The van der Waals surface area contributed by atoms with Gasteiger partial charge in [-0.3, -0.25) is 5.43 Å². The van der Waals surface area contributed by atoms with Gasteiger partial charge in [-0.05, 0) is 72.8 Å². The van der Waals surface area contributed by atoms with Crippen molar-refractivity contribution < 1.29 is 13.2 Å². The van der Waals surface area contributed by atoms with Gasteiger partial charge in [0.2, 0.25) is 9.84 Å². The second-order valence-electron chi connectivity index (χ2n) is 6.57. The number of nitrogens with zero attached hydrogens (tertiary/aromatic N) is 1. The predicted octanol–water partition coefficient (Wildman–Crippen LogP) is 5.06. The average Bonchev–Trinajstić information content (AvgIpc) is 2.82. The van der Waals surface area contributed by atoms with Crippen LogP contribution in [0.15, 0.2) is 93.8 Å². The Kier molecular flexibility index (Phi) is 7.84. The van der Waals surface area contributed by atoms with Crippen LogP contribution in [0.1, 0.15) is 18.1 Å². The average molecular weight is 471 g/mol. The zero-order valence-electron chi connectivity index (χ0n) is 17.1. The van der Waals surface area contributed by atoms with Crippen molar-refractivity contribution >= 4 is 43.8 Å². The Morgan fingerprint density at radius 2 is 1.58 bits per heavy atom. The summed E-state index contributed by atoms with van der Waals surface area (Å²) in [5.74, 6) is 0.713. The van der Waals surface area contributed by atoms with Crippen LogP contribution >= 0.6 is 24.0 Å². The minimum Gasteiger partial charge on any atom is -0.489 e. The van der Waals surface area contributed by atoms with Crippen LogP contribution < -0.4 is 10.2 Å². The summed E-state index contributed by atoms with van der Waals surface area (Å²) in [6.07, 6.45) is 1.89. The van der Waals surface area contributed by atoms with Gasteiger partial charge in [0.15, 0.2) is 4.32 Å². The lowest BCUT2D eigenvalue weighted by molar-refractivity contribution is 0.306. The highest BCUT2D eigenvalue weighted by Crippen LogP contribution is 2.21. The molecule has 0 amide bonds. The van der Waals surface area contributed by atoms with Crippen molar-refractivity contribution in [3.8, 4) is 5.75 Å². The van der Waals surface area contributed by atoms with Crippen molar-refractivity contribution in [2.24, 2.45) is 5.10 Å². The van der Waals surface area contributed by atoms with Crippen LogP contribution in [-0.2, 0) is 16.4 Å². The van der Waals surface area contributed by atoms with E-state index in [0.29, 0.717) is 16.7 Å². The third kappa shape index (κ3) is 6.16. The summed E-state index contributed by atoms with van der Waals surface area (Å²) in [7, 11) is -3.51. The Balaban J connectivity index is 1.61. The van der Waals surface area contributed by atoms with E-state index in [1.807, 2.05) is 37.4 Å². The molecule has 0 radical (unpaired) electrons. The smallest absolute Gasteiger partial charge is 0.206 e. The maximum Gasteiger partial charge on any atom is 0.206 e. The first-order valence-corrected chi connectivity index (χ1v) is 12.5. The van der Waals surface area contributed by atoms with Gasteiger partial charge >= 0.3 is 0 Å². The Morgan fingerprint density at radius 1 is 0.968 bits per heavy atom. The van der Waals surface area contributed by atoms with Gasteiger partial charge in [-0.1, -0.05) is 54.3 Å². The van der Waals surface area contributed by atoms with Crippen molar-refractivity contribution in [3.05, 3.63) is 90.0 Å². The molecule has 160 valence electrons. The second-order valence-corrected chi connectivity index (χ2v) is 10.0. The molecule has 0 fully saturated rings. The zero-order chi connectivity index (χ0) is 22.3. The summed E-state index contributed by atoms with van der Waals surface area (Å²) < 4.78 is 31.8. The minimum atomic E-state index is -3.51. The van der Waals surface area contributed by atoms with Crippen molar-refractivity contribution in [3.63, 3.8) is 0 Å². The van der Waals surface area contributed by atoms with Crippen LogP contribution in [-0.4, -0.2) is 24.7 Å². The van der Waals surface area contributed by atoms with E-state index in [2.05, 4.69) is 10.5 Å². The molecule has 0 saturated heterocycles. The number of rotatable bonds is 7. The number of hydrogen-bond acceptors (Lipinski definition) is 6. The SMILES string of the molecule is CSC(=S)N/N=C(\C)c1ccc(OCc2ccc(S(=O)(=O)c3ccccc3)cc2)cc1. The molecule has 1 N–H and O–H groups in total. The minimum absolute atomic E-state index is 0.260. The molecule has 3 aromatic carbocycles. The number of hydrogen-bond donors (Lipinski definition) is 1. The van der Waals surface area contributed by atoms with Gasteiger partial charge in [0, 0.05) is 0 Å². The molecule has 31 heavy (non-hydrogen) atoms. The summed E-state index contributed by atoms with van der Waals surface area (Å²) in [6.45, 7) is 2.23. The van der Waals surface area contributed by atoms with E-state index in [4.69, 9.17) is 17.0 Å². The number of hydrazone groups is 1. The Morgan fingerprint density at radius 3 is 2.19 bits per heavy atom. The third-order valence-electron chi connectivity index (χ3n) is 4.47. The van der Waals surface area contributed by atoms with Crippen molar-refractivity contribution in [1.29, 1.82) is 0 Å². The van der Waals surface area contributed by atoms with Gasteiger partial charge < -0.3 is 4.74 Å². The predicted molar refractivity (Wildman–Crippen MR) is 131 cm³/mol. The number of thioether (sulfide) groups is 1. The van der Waals surface area contributed by atoms with E-state index in [1.54, 1.807) is 54.6 Å². The lowest BCUT2D eigenvalue weighted by Gasteiger charge is -2.09. The van der Waals surface area contributed by atoms with E-state index in [9.17, 15) is 8.42 Å². The summed E-state index contributed by atoms with van der Waals surface area (Å²) in [6, 6.07) is 22.7. The summed E-state index contributed by atoms with van der Waals surface area (Å²) >= 11 is 6.50. The van der Waals surface area contributed by atoms with Crippen LogP contribution in [0.2, 0.25) is 0 Å². The molecule has 0 aliphatic carbocycles. The lowest BCUT2D eigenvalue weighted by atomic mass is 10.1. The molecule has 0 bridgehead atoms. The third-order valence-corrected chi connectivity index (χ3v) is 7.30. The highest BCUT2D eigenvalue weighted by atomic mass is 32.2. The topological polar surface area (TPSA) is 67.8 Å². The maximum atomic E-state index is 12.7. The van der Waals surface area contributed by atoms with Crippen molar-refractivity contribution in [2.45, 2.75) is 23.3 Å².